The van der Waals surface area contributed by atoms with Gasteiger partial charge in [0.25, 0.3) is 0 Å². The summed E-state index contributed by atoms with van der Waals surface area (Å²) in [7, 11) is 0. The lowest BCUT2D eigenvalue weighted by atomic mass is 9.96. The summed E-state index contributed by atoms with van der Waals surface area (Å²) in [6.45, 7) is 0.239. The molecule has 2 N–H and O–H groups in total. The highest BCUT2D eigenvalue weighted by atomic mass is 35.5. The van der Waals surface area contributed by atoms with E-state index in [-0.39, 0.29) is 27.4 Å². The number of aromatic nitrogens is 1. The van der Waals surface area contributed by atoms with Crippen molar-refractivity contribution in [3.8, 4) is 28.1 Å². The van der Waals surface area contributed by atoms with Crippen molar-refractivity contribution in [2.45, 2.75) is 6.61 Å². The van der Waals surface area contributed by atoms with E-state index in [4.69, 9.17) is 39.5 Å². The van der Waals surface area contributed by atoms with E-state index in [0.29, 0.717) is 16.9 Å². The highest BCUT2D eigenvalue weighted by Crippen LogP contribution is 2.44. The highest BCUT2D eigenvalue weighted by Gasteiger charge is 2.28. The van der Waals surface area contributed by atoms with Crippen molar-refractivity contribution in [3.63, 3.8) is 0 Å². The van der Waals surface area contributed by atoms with Crippen molar-refractivity contribution in [1.82, 2.24) is 4.98 Å². The highest BCUT2D eigenvalue weighted by molar-refractivity contribution is 6.48. The quantitative estimate of drug-likeness (QED) is 0.532. The monoisotopic (exact) mass is 393 g/mol. The first-order valence-corrected chi connectivity index (χ1v) is 8.46. The Balaban J connectivity index is 2.02. The molecular formula is C18H10Cl3NO3. The Labute approximate surface area is 157 Å². The van der Waals surface area contributed by atoms with E-state index in [0.717, 1.165) is 16.8 Å². The second kappa shape index (κ2) is 5.99. The van der Waals surface area contributed by atoms with Crippen molar-refractivity contribution in [3.05, 3.63) is 62.7 Å². The largest absolute Gasteiger partial charge is 0.488 e. The molecule has 2 heterocycles. The third kappa shape index (κ3) is 2.58. The van der Waals surface area contributed by atoms with Crippen molar-refractivity contribution < 1.29 is 14.6 Å². The number of fused-ring (bicyclic) bond motifs is 3. The first kappa shape index (κ1) is 16.3. The maximum atomic E-state index is 11.8. The summed E-state index contributed by atoms with van der Waals surface area (Å²) in [6.07, 6.45) is 0. The molecule has 1 aliphatic rings. The van der Waals surface area contributed by atoms with E-state index in [1.165, 1.54) is 0 Å². The molecule has 0 aliphatic carbocycles. The fourth-order valence-electron chi connectivity index (χ4n) is 3.04. The molecule has 3 aromatic rings. The number of aromatic amines is 1. The molecule has 4 rings (SSSR count). The molecule has 2 aromatic carbocycles. The van der Waals surface area contributed by atoms with E-state index in [1.807, 2.05) is 24.3 Å². The van der Waals surface area contributed by atoms with Gasteiger partial charge in [0.05, 0.1) is 20.8 Å². The molecule has 0 spiro atoms. The lowest BCUT2D eigenvalue weighted by Crippen LogP contribution is -2.05. The topological polar surface area (TPSA) is 62.3 Å². The number of carboxylic acids is 1. The number of aromatic carboxylic acids is 1. The molecule has 0 radical (unpaired) electrons. The molecule has 25 heavy (non-hydrogen) atoms. The van der Waals surface area contributed by atoms with Gasteiger partial charge < -0.3 is 14.8 Å². The fourth-order valence-corrected chi connectivity index (χ4v) is 3.64. The summed E-state index contributed by atoms with van der Waals surface area (Å²) in [5, 5.41) is 10.4. The molecule has 1 aromatic heterocycles. The predicted molar refractivity (Wildman–Crippen MR) is 98.0 cm³/mol. The first-order chi connectivity index (χ1) is 12.0. The second-order valence-corrected chi connectivity index (χ2v) is 6.76. The van der Waals surface area contributed by atoms with E-state index in [9.17, 15) is 9.90 Å². The van der Waals surface area contributed by atoms with Crippen LogP contribution in [-0.4, -0.2) is 16.1 Å². The Morgan fingerprint density at radius 2 is 1.80 bits per heavy atom. The van der Waals surface area contributed by atoms with Gasteiger partial charge in [-0.25, -0.2) is 4.79 Å². The Hall–Kier alpha value is -2.14. The molecule has 0 fully saturated rings. The van der Waals surface area contributed by atoms with Crippen LogP contribution in [-0.2, 0) is 6.61 Å². The van der Waals surface area contributed by atoms with Gasteiger partial charge in [0.1, 0.15) is 18.1 Å². The third-order valence-corrected chi connectivity index (χ3v) is 5.32. The molecule has 0 saturated carbocycles. The van der Waals surface area contributed by atoms with Crippen molar-refractivity contribution >= 4 is 40.8 Å². The van der Waals surface area contributed by atoms with Gasteiger partial charge in [-0.15, -0.1) is 0 Å². The number of H-pyrrole nitrogens is 1. The number of para-hydroxylation sites is 1. The maximum absolute atomic E-state index is 11.8. The second-order valence-electron chi connectivity index (χ2n) is 5.57. The number of hydrogen-bond acceptors (Lipinski definition) is 2. The summed E-state index contributed by atoms with van der Waals surface area (Å²) >= 11 is 18.3. The summed E-state index contributed by atoms with van der Waals surface area (Å²) in [6, 6.07) is 10.7. The molecule has 0 unspecified atom stereocenters. The maximum Gasteiger partial charge on any atom is 0.352 e. The van der Waals surface area contributed by atoms with Gasteiger partial charge in [0.2, 0.25) is 0 Å². The van der Waals surface area contributed by atoms with Crippen molar-refractivity contribution in [1.29, 1.82) is 0 Å². The van der Waals surface area contributed by atoms with Crippen LogP contribution >= 0.6 is 34.8 Å². The first-order valence-electron chi connectivity index (χ1n) is 7.32. The normalized spacial score (nSPS) is 12.3. The molecule has 4 nitrogen and oxygen atoms in total. The van der Waals surface area contributed by atoms with E-state index >= 15 is 0 Å². The predicted octanol–water partition coefficient (Wildman–Crippen LogP) is 5.90. The van der Waals surface area contributed by atoms with Crippen LogP contribution in [0.2, 0.25) is 15.1 Å². The van der Waals surface area contributed by atoms with Gasteiger partial charge in [-0.2, -0.15) is 0 Å². The molecule has 126 valence electrons. The molecule has 0 saturated heterocycles. The fraction of sp³-hybridized carbons (Fsp3) is 0.0556. The van der Waals surface area contributed by atoms with Crippen LogP contribution in [0.25, 0.3) is 22.4 Å². The molecular weight excluding hydrogens is 385 g/mol. The number of benzene rings is 2. The van der Waals surface area contributed by atoms with E-state index in [1.54, 1.807) is 12.1 Å². The summed E-state index contributed by atoms with van der Waals surface area (Å²) < 4.78 is 5.78. The standard InChI is InChI=1S/C18H10Cl3NO3/c19-11-5-8(6-12(20)15(11)21)14-10-7-25-13-4-2-1-3-9(13)16(10)22-17(14)18(23)24/h1-6,22H,7H2,(H,23,24). The minimum atomic E-state index is -1.08. The van der Waals surface area contributed by atoms with Gasteiger partial charge in [-0.1, -0.05) is 46.9 Å². The SMILES string of the molecule is O=C(O)c1[nH]c2c(c1-c1cc(Cl)c(Cl)c(Cl)c1)COc1ccccc1-2. The Morgan fingerprint density at radius 3 is 2.48 bits per heavy atom. The summed E-state index contributed by atoms with van der Waals surface area (Å²) in [5.74, 6) is -0.379. The average molecular weight is 395 g/mol. The zero-order valence-corrected chi connectivity index (χ0v) is 14.8. The average Bonchev–Trinajstić information content (AvgIpc) is 2.99. The van der Waals surface area contributed by atoms with Gasteiger partial charge in [0, 0.05) is 16.7 Å². The van der Waals surface area contributed by atoms with Crippen LogP contribution < -0.4 is 4.74 Å². The summed E-state index contributed by atoms with van der Waals surface area (Å²) in [5.41, 5.74) is 3.39. The van der Waals surface area contributed by atoms with Crippen LogP contribution in [0.5, 0.6) is 5.75 Å². The third-order valence-electron chi connectivity index (χ3n) is 4.12. The van der Waals surface area contributed by atoms with E-state index in [2.05, 4.69) is 4.98 Å². The van der Waals surface area contributed by atoms with Crippen LogP contribution in [0.3, 0.4) is 0 Å². The molecule has 7 heteroatoms. The smallest absolute Gasteiger partial charge is 0.352 e. The number of halogens is 3. The number of carboxylic acid groups (broad SMARTS) is 1. The molecule has 0 bridgehead atoms. The zero-order valence-electron chi connectivity index (χ0n) is 12.6. The molecule has 0 atom stereocenters. The van der Waals surface area contributed by atoms with Crippen LogP contribution in [0, 0.1) is 0 Å². The van der Waals surface area contributed by atoms with Crippen LogP contribution in [0.15, 0.2) is 36.4 Å². The Bertz CT molecular complexity index is 1000. The number of rotatable bonds is 2. The number of hydrogen-bond donors (Lipinski definition) is 2. The number of ether oxygens (including phenoxy) is 1. The van der Waals surface area contributed by atoms with Gasteiger partial charge >= 0.3 is 5.97 Å². The number of carbonyl (C=O) groups is 1. The van der Waals surface area contributed by atoms with Gasteiger partial charge in [-0.3, -0.25) is 0 Å². The molecule has 0 amide bonds. The van der Waals surface area contributed by atoms with Crippen molar-refractivity contribution in [2.75, 3.05) is 0 Å². The van der Waals surface area contributed by atoms with Crippen LogP contribution in [0.1, 0.15) is 16.1 Å². The lowest BCUT2D eigenvalue weighted by Gasteiger charge is -2.18. The minimum Gasteiger partial charge on any atom is -0.488 e. The summed E-state index contributed by atoms with van der Waals surface area (Å²) in [4.78, 5) is 14.8. The Morgan fingerprint density at radius 1 is 1.12 bits per heavy atom. The lowest BCUT2D eigenvalue weighted by molar-refractivity contribution is 0.0692. The Kier molecular flexibility index (Phi) is 3.91. The van der Waals surface area contributed by atoms with Gasteiger partial charge in [0.15, 0.2) is 0 Å². The van der Waals surface area contributed by atoms with Gasteiger partial charge in [-0.05, 0) is 29.8 Å². The van der Waals surface area contributed by atoms with E-state index < -0.39 is 5.97 Å². The number of nitrogens with one attached hydrogen (secondary N) is 1. The zero-order chi connectivity index (χ0) is 17.7. The molecule has 1 aliphatic heterocycles. The van der Waals surface area contributed by atoms with Crippen LogP contribution in [0.4, 0.5) is 0 Å². The van der Waals surface area contributed by atoms with Crippen molar-refractivity contribution in [2.24, 2.45) is 0 Å². The minimum absolute atomic E-state index is 0.0553.